The second-order valence-corrected chi connectivity index (χ2v) is 4.95. The van der Waals surface area contributed by atoms with E-state index in [9.17, 15) is 0 Å². The van der Waals surface area contributed by atoms with E-state index in [1.54, 1.807) is 25.3 Å². The fraction of sp³-hybridized carbons (Fsp3) is 0.188. The van der Waals surface area contributed by atoms with Crippen LogP contribution in [0.25, 0.3) is 0 Å². The number of nitrogens with one attached hydrogen (secondary N) is 1. The van der Waals surface area contributed by atoms with Crippen LogP contribution in [0.5, 0.6) is 11.5 Å². The minimum atomic E-state index is -0.0223. The van der Waals surface area contributed by atoms with Gasteiger partial charge in [-0.1, -0.05) is 23.7 Å². The van der Waals surface area contributed by atoms with Crippen LogP contribution in [0.15, 0.2) is 42.5 Å². The SMILES string of the molecule is COCCc1ccc(Oc2ccc(C(=N)N)cc2Cl)cc1. The van der Waals surface area contributed by atoms with Crippen LogP contribution in [-0.2, 0) is 11.2 Å². The summed E-state index contributed by atoms with van der Waals surface area (Å²) in [7, 11) is 1.68. The highest BCUT2D eigenvalue weighted by atomic mass is 35.5. The van der Waals surface area contributed by atoms with Crippen molar-refractivity contribution in [3.8, 4) is 11.5 Å². The van der Waals surface area contributed by atoms with Gasteiger partial charge in [-0.25, -0.2) is 0 Å². The normalized spacial score (nSPS) is 10.4. The van der Waals surface area contributed by atoms with Crippen LogP contribution in [0.2, 0.25) is 5.02 Å². The van der Waals surface area contributed by atoms with Crippen LogP contribution in [0.4, 0.5) is 0 Å². The maximum absolute atomic E-state index is 7.37. The summed E-state index contributed by atoms with van der Waals surface area (Å²) in [4.78, 5) is 0. The summed E-state index contributed by atoms with van der Waals surface area (Å²) >= 11 is 6.13. The number of rotatable bonds is 6. The lowest BCUT2D eigenvalue weighted by Crippen LogP contribution is -2.10. The van der Waals surface area contributed by atoms with Gasteiger partial charge in [-0.15, -0.1) is 0 Å². The summed E-state index contributed by atoms with van der Waals surface area (Å²) in [6, 6.07) is 12.8. The van der Waals surface area contributed by atoms with Crippen molar-refractivity contribution < 1.29 is 9.47 Å². The molecule has 0 radical (unpaired) electrons. The maximum Gasteiger partial charge on any atom is 0.146 e. The van der Waals surface area contributed by atoms with Crippen LogP contribution in [0, 0.1) is 5.41 Å². The van der Waals surface area contributed by atoms with E-state index in [0.29, 0.717) is 28.7 Å². The van der Waals surface area contributed by atoms with Crippen molar-refractivity contribution in [3.05, 3.63) is 58.6 Å². The molecule has 0 fully saturated rings. The van der Waals surface area contributed by atoms with E-state index in [0.717, 1.165) is 6.42 Å². The van der Waals surface area contributed by atoms with Gasteiger partial charge in [-0.2, -0.15) is 0 Å². The molecule has 0 heterocycles. The maximum atomic E-state index is 7.37. The summed E-state index contributed by atoms with van der Waals surface area (Å²) in [6.07, 6.45) is 0.866. The van der Waals surface area contributed by atoms with Crippen molar-refractivity contribution >= 4 is 17.4 Å². The van der Waals surface area contributed by atoms with E-state index < -0.39 is 0 Å². The van der Waals surface area contributed by atoms with Gasteiger partial charge in [0.1, 0.15) is 17.3 Å². The molecule has 0 aliphatic carbocycles. The number of methoxy groups -OCH3 is 1. The first-order chi connectivity index (χ1) is 10.1. The van der Waals surface area contributed by atoms with Crippen molar-refractivity contribution in [1.29, 1.82) is 5.41 Å². The lowest BCUT2D eigenvalue weighted by molar-refractivity contribution is 0.202. The van der Waals surface area contributed by atoms with E-state index in [1.807, 2.05) is 24.3 Å². The highest BCUT2D eigenvalue weighted by molar-refractivity contribution is 6.32. The minimum absolute atomic E-state index is 0.0223. The number of nitrogens with two attached hydrogens (primary N) is 1. The molecule has 0 saturated carbocycles. The first kappa shape index (κ1) is 15.4. The molecule has 4 nitrogen and oxygen atoms in total. The molecule has 0 aliphatic heterocycles. The molecule has 0 bridgehead atoms. The van der Waals surface area contributed by atoms with Crippen LogP contribution in [-0.4, -0.2) is 19.6 Å². The van der Waals surface area contributed by atoms with Crippen molar-refractivity contribution in [1.82, 2.24) is 0 Å². The topological polar surface area (TPSA) is 68.3 Å². The van der Waals surface area contributed by atoms with Gasteiger partial charge in [0.25, 0.3) is 0 Å². The van der Waals surface area contributed by atoms with Crippen LogP contribution in [0.1, 0.15) is 11.1 Å². The molecule has 0 aromatic heterocycles. The zero-order chi connectivity index (χ0) is 15.2. The van der Waals surface area contributed by atoms with Crippen molar-refractivity contribution in [3.63, 3.8) is 0 Å². The zero-order valence-electron chi connectivity index (χ0n) is 11.7. The Hall–Kier alpha value is -2.04. The summed E-state index contributed by atoms with van der Waals surface area (Å²) in [5.74, 6) is 1.21. The molecule has 0 spiro atoms. The summed E-state index contributed by atoms with van der Waals surface area (Å²) in [5.41, 5.74) is 7.17. The summed E-state index contributed by atoms with van der Waals surface area (Å²) in [5, 5.41) is 7.79. The standard InChI is InChI=1S/C16H17ClN2O2/c1-20-9-8-11-2-5-13(6-3-11)21-15-7-4-12(16(18)19)10-14(15)17/h2-7,10H,8-9H2,1H3,(H3,18,19). The van der Waals surface area contributed by atoms with Crippen LogP contribution < -0.4 is 10.5 Å². The molecule has 0 saturated heterocycles. The fourth-order valence-corrected chi connectivity index (χ4v) is 2.04. The second kappa shape index (κ2) is 7.11. The molecule has 0 atom stereocenters. The van der Waals surface area contributed by atoms with Gasteiger partial charge in [-0.05, 0) is 42.3 Å². The third-order valence-electron chi connectivity index (χ3n) is 2.99. The first-order valence-electron chi connectivity index (χ1n) is 6.50. The molecule has 0 aliphatic rings. The molecule has 110 valence electrons. The van der Waals surface area contributed by atoms with E-state index in [1.165, 1.54) is 5.56 Å². The molecular weight excluding hydrogens is 288 g/mol. The van der Waals surface area contributed by atoms with Gasteiger partial charge >= 0.3 is 0 Å². The molecule has 0 unspecified atom stereocenters. The monoisotopic (exact) mass is 304 g/mol. The number of hydrogen-bond donors (Lipinski definition) is 2. The van der Waals surface area contributed by atoms with Crippen LogP contribution >= 0.6 is 11.6 Å². The highest BCUT2D eigenvalue weighted by Crippen LogP contribution is 2.30. The molecule has 3 N–H and O–H groups in total. The molecule has 2 aromatic rings. The Balaban J connectivity index is 2.09. The average molecular weight is 305 g/mol. The van der Waals surface area contributed by atoms with Gasteiger partial charge in [0.05, 0.1) is 11.6 Å². The Morgan fingerprint density at radius 2 is 1.90 bits per heavy atom. The quantitative estimate of drug-likeness (QED) is 0.633. The van der Waals surface area contributed by atoms with E-state index in [2.05, 4.69) is 0 Å². The number of benzene rings is 2. The molecule has 2 aromatic carbocycles. The van der Waals surface area contributed by atoms with E-state index in [4.69, 9.17) is 32.2 Å². The second-order valence-electron chi connectivity index (χ2n) is 4.55. The number of amidine groups is 1. The van der Waals surface area contributed by atoms with Crippen molar-refractivity contribution in [2.24, 2.45) is 5.73 Å². The summed E-state index contributed by atoms with van der Waals surface area (Å²) < 4.78 is 10.8. The first-order valence-corrected chi connectivity index (χ1v) is 6.87. The Labute approximate surface area is 129 Å². The van der Waals surface area contributed by atoms with Crippen molar-refractivity contribution in [2.75, 3.05) is 13.7 Å². The number of halogens is 1. The Bertz CT molecular complexity index is 627. The highest BCUT2D eigenvalue weighted by Gasteiger charge is 2.06. The number of nitrogen functional groups attached to an aromatic ring is 1. The predicted octanol–water partition coefficient (Wildman–Crippen LogP) is 3.61. The molecule has 21 heavy (non-hydrogen) atoms. The van der Waals surface area contributed by atoms with E-state index in [-0.39, 0.29) is 5.84 Å². The van der Waals surface area contributed by atoms with Gasteiger partial charge in [0.2, 0.25) is 0 Å². The Kier molecular flexibility index (Phi) is 5.20. The third kappa shape index (κ3) is 4.21. The van der Waals surface area contributed by atoms with Gasteiger partial charge in [0.15, 0.2) is 0 Å². The lowest BCUT2D eigenvalue weighted by Gasteiger charge is -2.09. The fourth-order valence-electron chi connectivity index (χ4n) is 1.82. The smallest absolute Gasteiger partial charge is 0.146 e. The van der Waals surface area contributed by atoms with Gasteiger partial charge in [-0.3, -0.25) is 5.41 Å². The minimum Gasteiger partial charge on any atom is -0.456 e. The Morgan fingerprint density at radius 3 is 2.48 bits per heavy atom. The van der Waals surface area contributed by atoms with Gasteiger partial charge < -0.3 is 15.2 Å². The van der Waals surface area contributed by atoms with Crippen LogP contribution in [0.3, 0.4) is 0 Å². The number of hydrogen-bond acceptors (Lipinski definition) is 3. The third-order valence-corrected chi connectivity index (χ3v) is 3.28. The van der Waals surface area contributed by atoms with E-state index >= 15 is 0 Å². The summed E-state index contributed by atoms with van der Waals surface area (Å²) in [6.45, 7) is 0.693. The zero-order valence-corrected chi connectivity index (χ0v) is 12.5. The Morgan fingerprint density at radius 1 is 1.19 bits per heavy atom. The molecule has 0 amide bonds. The largest absolute Gasteiger partial charge is 0.456 e. The van der Waals surface area contributed by atoms with Gasteiger partial charge in [0, 0.05) is 12.7 Å². The average Bonchev–Trinajstić information content (AvgIpc) is 2.48. The molecule has 2 rings (SSSR count). The van der Waals surface area contributed by atoms with Crippen molar-refractivity contribution in [2.45, 2.75) is 6.42 Å². The number of ether oxygens (including phenoxy) is 2. The molecular formula is C16H17ClN2O2. The molecule has 5 heteroatoms. The predicted molar refractivity (Wildman–Crippen MR) is 84.6 cm³/mol. The lowest BCUT2D eigenvalue weighted by atomic mass is 10.1.